The first-order valence-corrected chi connectivity index (χ1v) is 4.04. The Morgan fingerprint density at radius 1 is 1.64 bits per heavy atom. The number of methoxy groups -OCH3 is 1. The zero-order valence-electron chi connectivity index (χ0n) is 7.09. The number of hydrogen-bond acceptors (Lipinski definition) is 3. The lowest BCUT2D eigenvalue weighted by molar-refractivity contribution is -0.147. The molecular formula is C8H15NO2. The number of ether oxygens (including phenoxy) is 1. The van der Waals surface area contributed by atoms with Gasteiger partial charge in [-0.3, -0.25) is 4.79 Å². The van der Waals surface area contributed by atoms with Crippen LogP contribution in [-0.2, 0) is 9.53 Å². The second-order valence-electron chi connectivity index (χ2n) is 3.10. The van der Waals surface area contributed by atoms with Crippen molar-refractivity contribution in [2.24, 2.45) is 11.8 Å². The summed E-state index contributed by atoms with van der Waals surface area (Å²) in [5, 5.41) is 3.18. The van der Waals surface area contributed by atoms with Crippen molar-refractivity contribution in [3.63, 3.8) is 0 Å². The molecule has 11 heavy (non-hydrogen) atoms. The van der Waals surface area contributed by atoms with Crippen molar-refractivity contribution in [1.29, 1.82) is 0 Å². The predicted octanol–water partition coefficient (Wildman–Crippen LogP) is 0.405. The first-order valence-electron chi connectivity index (χ1n) is 4.04. The molecule has 3 heteroatoms. The van der Waals surface area contributed by atoms with Crippen molar-refractivity contribution in [3.05, 3.63) is 0 Å². The summed E-state index contributed by atoms with van der Waals surface area (Å²) in [5.74, 6) is 0.446. The highest BCUT2D eigenvalue weighted by molar-refractivity contribution is 5.73. The van der Waals surface area contributed by atoms with E-state index in [1.54, 1.807) is 0 Å². The van der Waals surface area contributed by atoms with Gasteiger partial charge in [0.25, 0.3) is 0 Å². The van der Waals surface area contributed by atoms with Crippen LogP contribution in [0.25, 0.3) is 0 Å². The number of piperidine rings is 1. The number of rotatable bonds is 1. The Balaban J connectivity index is 2.47. The van der Waals surface area contributed by atoms with E-state index in [9.17, 15) is 4.79 Å². The summed E-state index contributed by atoms with van der Waals surface area (Å²) in [4.78, 5) is 11.1. The van der Waals surface area contributed by atoms with Crippen LogP contribution in [0.1, 0.15) is 13.3 Å². The van der Waals surface area contributed by atoms with Crippen molar-refractivity contribution < 1.29 is 9.53 Å². The molecule has 64 valence electrons. The van der Waals surface area contributed by atoms with Gasteiger partial charge in [-0.05, 0) is 18.9 Å². The molecule has 0 radical (unpaired) electrons. The molecule has 1 rings (SSSR count). The minimum absolute atomic E-state index is 0.0637. The third kappa shape index (κ3) is 1.93. The highest BCUT2D eigenvalue weighted by Crippen LogP contribution is 2.18. The van der Waals surface area contributed by atoms with E-state index in [0.29, 0.717) is 5.92 Å². The number of carbonyl (C=O) groups is 1. The van der Waals surface area contributed by atoms with Crippen LogP contribution in [0.5, 0.6) is 0 Å². The van der Waals surface area contributed by atoms with Gasteiger partial charge in [0.05, 0.1) is 13.0 Å². The van der Waals surface area contributed by atoms with Crippen molar-refractivity contribution in [2.45, 2.75) is 13.3 Å². The number of hydrogen-bond donors (Lipinski definition) is 1. The molecule has 0 aromatic rings. The average molecular weight is 157 g/mol. The van der Waals surface area contributed by atoms with Crippen LogP contribution < -0.4 is 5.32 Å². The van der Waals surface area contributed by atoms with Gasteiger partial charge in [-0.25, -0.2) is 0 Å². The van der Waals surface area contributed by atoms with Crippen LogP contribution in [0.2, 0.25) is 0 Å². The van der Waals surface area contributed by atoms with Gasteiger partial charge >= 0.3 is 5.97 Å². The molecule has 3 nitrogen and oxygen atoms in total. The highest BCUT2D eigenvalue weighted by Gasteiger charge is 2.27. The van der Waals surface area contributed by atoms with E-state index in [1.807, 2.05) is 0 Å². The maximum absolute atomic E-state index is 11.1. The van der Waals surface area contributed by atoms with Crippen molar-refractivity contribution in [3.8, 4) is 0 Å². The number of nitrogens with one attached hydrogen (secondary N) is 1. The molecule has 1 aliphatic heterocycles. The number of esters is 1. The average Bonchev–Trinajstić information content (AvgIpc) is 2.04. The number of carbonyl (C=O) groups excluding carboxylic acids is 1. The molecule has 1 saturated heterocycles. The molecule has 1 heterocycles. The molecule has 1 aliphatic rings. The summed E-state index contributed by atoms with van der Waals surface area (Å²) in [5.41, 5.74) is 0. The molecule has 0 amide bonds. The molecule has 0 spiro atoms. The van der Waals surface area contributed by atoms with Crippen LogP contribution in [0.4, 0.5) is 0 Å². The van der Waals surface area contributed by atoms with E-state index in [2.05, 4.69) is 17.0 Å². The monoisotopic (exact) mass is 157 g/mol. The van der Waals surface area contributed by atoms with Gasteiger partial charge in [-0.1, -0.05) is 6.92 Å². The van der Waals surface area contributed by atoms with Gasteiger partial charge in [0, 0.05) is 6.54 Å². The molecule has 0 unspecified atom stereocenters. The predicted molar refractivity (Wildman–Crippen MR) is 42.2 cm³/mol. The lowest BCUT2D eigenvalue weighted by Gasteiger charge is -2.26. The summed E-state index contributed by atoms with van der Waals surface area (Å²) < 4.78 is 4.68. The zero-order chi connectivity index (χ0) is 8.27. The van der Waals surface area contributed by atoms with Crippen LogP contribution in [0.3, 0.4) is 0 Å². The molecule has 0 aromatic carbocycles. The van der Waals surface area contributed by atoms with Gasteiger partial charge < -0.3 is 10.1 Å². The molecule has 2 atom stereocenters. The van der Waals surface area contributed by atoms with E-state index in [4.69, 9.17) is 0 Å². The maximum Gasteiger partial charge on any atom is 0.310 e. The topological polar surface area (TPSA) is 38.3 Å². The molecule has 0 bridgehead atoms. The second kappa shape index (κ2) is 3.72. The zero-order valence-corrected chi connectivity index (χ0v) is 7.09. The fourth-order valence-corrected chi connectivity index (χ4v) is 1.46. The third-order valence-electron chi connectivity index (χ3n) is 2.33. The molecule has 1 N–H and O–H groups in total. The first kappa shape index (κ1) is 8.53. The Hall–Kier alpha value is -0.570. The Morgan fingerprint density at radius 3 is 2.91 bits per heavy atom. The minimum Gasteiger partial charge on any atom is -0.469 e. The van der Waals surface area contributed by atoms with E-state index in [-0.39, 0.29) is 11.9 Å². The van der Waals surface area contributed by atoms with Gasteiger partial charge in [0.15, 0.2) is 0 Å². The Morgan fingerprint density at radius 2 is 2.36 bits per heavy atom. The maximum atomic E-state index is 11.1. The van der Waals surface area contributed by atoms with Crippen molar-refractivity contribution in [1.82, 2.24) is 5.32 Å². The van der Waals surface area contributed by atoms with E-state index >= 15 is 0 Å². The van der Waals surface area contributed by atoms with Crippen LogP contribution >= 0.6 is 0 Å². The normalized spacial score (nSPS) is 31.5. The van der Waals surface area contributed by atoms with E-state index < -0.39 is 0 Å². The molecular weight excluding hydrogens is 142 g/mol. The first-order chi connectivity index (χ1) is 5.25. The SMILES string of the molecule is COC(=O)[C@H]1CNCC[C@H]1C. The highest BCUT2D eigenvalue weighted by atomic mass is 16.5. The standard InChI is InChI=1S/C8H15NO2/c1-6-3-4-9-5-7(6)8(10)11-2/h6-7,9H,3-5H2,1-2H3/t6-,7+/m1/s1. The summed E-state index contributed by atoms with van der Waals surface area (Å²) in [6, 6.07) is 0. The largest absolute Gasteiger partial charge is 0.469 e. The fourth-order valence-electron chi connectivity index (χ4n) is 1.46. The van der Waals surface area contributed by atoms with Gasteiger partial charge in [-0.15, -0.1) is 0 Å². The summed E-state index contributed by atoms with van der Waals surface area (Å²) in [6.45, 7) is 3.89. The molecule has 0 saturated carbocycles. The Bertz CT molecular complexity index is 147. The fraction of sp³-hybridized carbons (Fsp3) is 0.875. The summed E-state index contributed by atoms with van der Waals surface area (Å²) in [6.07, 6.45) is 1.07. The molecule has 1 fully saturated rings. The quantitative estimate of drug-likeness (QED) is 0.560. The Kier molecular flexibility index (Phi) is 2.88. The van der Waals surface area contributed by atoms with Gasteiger partial charge in [0.1, 0.15) is 0 Å². The van der Waals surface area contributed by atoms with Gasteiger partial charge in [0.2, 0.25) is 0 Å². The van der Waals surface area contributed by atoms with Gasteiger partial charge in [-0.2, -0.15) is 0 Å². The third-order valence-corrected chi connectivity index (χ3v) is 2.33. The second-order valence-corrected chi connectivity index (χ2v) is 3.10. The van der Waals surface area contributed by atoms with Crippen molar-refractivity contribution >= 4 is 5.97 Å². The lowest BCUT2D eigenvalue weighted by Crippen LogP contribution is -2.40. The smallest absolute Gasteiger partial charge is 0.310 e. The van der Waals surface area contributed by atoms with E-state index in [1.165, 1.54) is 7.11 Å². The van der Waals surface area contributed by atoms with Crippen LogP contribution in [0.15, 0.2) is 0 Å². The molecule has 0 aromatic heterocycles. The minimum atomic E-state index is -0.0790. The summed E-state index contributed by atoms with van der Waals surface area (Å²) in [7, 11) is 1.45. The van der Waals surface area contributed by atoms with E-state index in [0.717, 1.165) is 19.5 Å². The Labute approximate surface area is 67.1 Å². The van der Waals surface area contributed by atoms with Crippen LogP contribution in [0, 0.1) is 11.8 Å². The van der Waals surface area contributed by atoms with Crippen molar-refractivity contribution in [2.75, 3.05) is 20.2 Å². The van der Waals surface area contributed by atoms with Crippen LogP contribution in [-0.4, -0.2) is 26.2 Å². The lowest BCUT2D eigenvalue weighted by atomic mass is 9.88. The molecule has 0 aliphatic carbocycles. The summed E-state index contributed by atoms with van der Waals surface area (Å²) >= 11 is 0.